The number of hydrazine groups is 1. The molecule has 0 unspecified atom stereocenters. The van der Waals surface area contributed by atoms with E-state index in [-0.39, 0.29) is 17.9 Å². The summed E-state index contributed by atoms with van der Waals surface area (Å²) in [5.74, 6) is -0.548. The summed E-state index contributed by atoms with van der Waals surface area (Å²) in [5.41, 5.74) is 6.38. The number of urea groups is 1. The van der Waals surface area contributed by atoms with Crippen LogP contribution in [-0.4, -0.2) is 17.8 Å². The van der Waals surface area contributed by atoms with Gasteiger partial charge in [-0.15, -0.1) is 0 Å². The number of carbonyl (C=O) groups excluding carboxylic acids is 3. The van der Waals surface area contributed by atoms with Gasteiger partial charge >= 0.3 is 6.03 Å². The molecule has 7 nitrogen and oxygen atoms in total. The van der Waals surface area contributed by atoms with E-state index in [0.717, 1.165) is 12.8 Å². The van der Waals surface area contributed by atoms with Gasteiger partial charge in [-0.05, 0) is 49.2 Å². The van der Waals surface area contributed by atoms with E-state index < -0.39 is 5.91 Å². The Labute approximate surface area is 144 Å². The lowest BCUT2D eigenvalue weighted by molar-refractivity contribution is -0.123. The van der Waals surface area contributed by atoms with Gasteiger partial charge < -0.3 is 10.6 Å². The first-order chi connectivity index (χ1) is 12.1. The molecule has 7 heteroatoms. The van der Waals surface area contributed by atoms with Crippen LogP contribution in [0.4, 0.5) is 16.2 Å². The van der Waals surface area contributed by atoms with Crippen LogP contribution in [-0.2, 0) is 4.79 Å². The van der Waals surface area contributed by atoms with E-state index in [1.165, 1.54) is 0 Å². The summed E-state index contributed by atoms with van der Waals surface area (Å²) in [4.78, 5) is 35.3. The van der Waals surface area contributed by atoms with Gasteiger partial charge in [-0.2, -0.15) is 0 Å². The summed E-state index contributed by atoms with van der Waals surface area (Å²) in [5, 5.41) is 5.38. The standard InChI is InChI=1S/C18H18N4O3/c23-16(12-6-7-12)21-22-17(24)13-8-10-15(11-9-13)20-18(25)19-14-4-2-1-3-5-14/h1-5,8-12H,6-7H2,(H,21,23)(H,22,24)(H2,19,20,25). The monoisotopic (exact) mass is 338 g/mol. The smallest absolute Gasteiger partial charge is 0.308 e. The fraction of sp³-hybridized carbons (Fsp3) is 0.167. The molecule has 1 aliphatic rings. The molecule has 0 aromatic heterocycles. The Balaban J connectivity index is 1.50. The van der Waals surface area contributed by atoms with Gasteiger partial charge in [-0.25, -0.2) is 4.79 Å². The molecule has 1 saturated carbocycles. The molecular formula is C18H18N4O3. The number of nitrogens with one attached hydrogen (secondary N) is 4. The highest BCUT2D eigenvalue weighted by atomic mass is 16.2. The molecular weight excluding hydrogens is 320 g/mol. The summed E-state index contributed by atoms with van der Waals surface area (Å²) < 4.78 is 0. The molecule has 0 spiro atoms. The third kappa shape index (κ3) is 4.81. The van der Waals surface area contributed by atoms with Gasteiger partial charge in [-0.1, -0.05) is 18.2 Å². The number of hydrogen-bond acceptors (Lipinski definition) is 3. The van der Waals surface area contributed by atoms with E-state index in [2.05, 4.69) is 21.5 Å². The Morgan fingerprint density at radius 1 is 0.760 bits per heavy atom. The van der Waals surface area contributed by atoms with Crippen molar-refractivity contribution < 1.29 is 14.4 Å². The minimum absolute atomic E-state index is 0.0232. The number of anilines is 2. The maximum Gasteiger partial charge on any atom is 0.323 e. The van der Waals surface area contributed by atoms with Crippen molar-refractivity contribution in [2.75, 3.05) is 10.6 Å². The molecule has 4 N–H and O–H groups in total. The van der Waals surface area contributed by atoms with Crippen molar-refractivity contribution in [3.05, 3.63) is 60.2 Å². The Morgan fingerprint density at radius 2 is 1.36 bits per heavy atom. The Hall–Kier alpha value is -3.35. The second-order valence-corrected chi connectivity index (χ2v) is 5.74. The molecule has 0 atom stereocenters. The second kappa shape index (κ2) is 7.48. The van der Waals surface area contributed by atoms with Crippen molar-refractivity contribution in [1.29, 1.82) is 0 Å². The maximum atomic E-state index is 11.9. The first-order valence-corrected chi connectivity index (χ1v) is 7.95. The molecule has 2 aromatic rings. The minimum Gasteiger partial charge on any atom is -0.308 e. The zero-order chi connectivity index (χ0) is 17.6. The predicted octanol–water partition coefficient (Wildman–Crippen LogP) is 2.50. The van der Waals surface area contributed by atoms with Crippen LogP contribution in [0.15, 0.2) is 54.6 Å². The van der Waals surface area contributed by atoms with E-state index in [1.807, 2.05) is 18.2 Å². The van der Waals surface area contributed by atoms with Crippen molar-refractivity contribution >= 4 is 29.2 Å². The van der Waals surface area contributed by atoms with E-state index in [0.29, 0.717) is 16.9 Å². The molecule has 0 aliphatic heterocycles. The van der Waals surface area contributed by atoms with Gasteiger partial charge in [0.2, 0.25) is 5.91 Å². The second-order valence-electron chi connectivity index (χ2n) is 5.74. The average molecular weight is 338 g/mol. The molecule has 0 radical (unpaired) electrons. The van der Waals surface area contributed by atoms with Gasteiger partial charge in [0.25, 0.3) is 5.91 Å². The zero-order valence-corrected chi connectivity index (χ0v) is 13.4. The van der Waals surface area contributed by atoms with Gasteiger partial charge in [0.1, 0.15) is 0 Å². The first-order valence-electron chi connectivity index (χ1n) is 7.95. The van der Waals surface area contributed by atoms with Gasteiger partial charge in [0.15, 0.2) is 0 Å². The van der Waals surface area contributed by atoms with E-state index >= 15 is 0 Å². The van der Waals surface area contributed by atoms with E-state index in [4.69, 9.17) is 0 Å². The summed E-state index contributed by atoms with van der Waals surface area (Å²) >= 11 is 0. The van der Waals surface area contributed by atoms with Gasteiger partial charge in [0, 0.05) is 22.9 Å². The average Bonchev–Trinajstić information content (AvgIpc) is 3.46. The van der Waals surface area contributed by atoms with Crippen LogP contribution in [0, 0.1) is 5.92 Å². The van der Waals surface area contributed by atoms with Crippen LogP contribution in [0.2, 0.25) is 0 Å². The fourth-order valence-electron chi connectivity index (χ4n) is 2.16. The summed E-state index contributed by atoms with van der Waals surface area (Å²) in [7, 11) is 0. The molecule has 1 fully saturated rings. The van der Waals surface area contributed by atoms with Crippen molar-refractivity contribution in [2.24, 2.45) is 5.92 Å². The first kappa shape index (κ1) is 16.5. The van der Waals surface area contributed by atoms with E-state index in [9.17, 15) is 14.4 Å². The highest BCUT2D eigenvalue weighted by Crippen LogP contribution is 2.28. The summed E-state index contributed by atoms with van der Waals surface area (Å²) in [6, 6.07) is 15.1. The Bertz CT molecular complexity index is 771. The van der Waals surface area contributed by atoms with Crippen molar-refractivity contribution in [1.82, 2.24) is 10.9 Å². The van der Waals surface area contributed by atoms with Crippen LogP contribution in [0.1, 0.15) is 23.2 Å². The number of para-hydroxylation sites is 1. The third-order valence-electron chi connectivity index (χ3n) is 3.68. The predicted molar refractivity (Wildman–Crippen MR) is 93.9 cm³/mol. The lowest BCUT2D eigenvalue weighted by atomic mass is 10.2. The molecule has 0 saturated heterocycles. The van der Waals surface area contributed by atoms with Gasteiger partial charge in [-0.3, -0.25) is 20.4 Å². The molecule has 2 aromatic carbocycles. The van der Waals surface area contributed by atoms with Crippen LogP contribution in [0.3, 0.4) is 0 Å². The van der Waals surface area contributed by atoms with Crippen LogP contribution in [0.25, 0.3) is 0 Å². The fourth-order valence-corrected chi connectivity index (χ4v) is 2.16. The zero-order valence-electron chi connectivity index (χ0n) is 13.4. The Kier molecular flexibility index (Phi) is 4.94. The number of hydrogen-bond donors (Lipinski definition) is 4. The van der Waals surface area contributed by atoms with Crippen molar-refractivity contribution in [2.45, 2.75) is 12.8 Å². The molecule has 25 heavy (non-hydrogen) atoms. The highest BCUT2D eigenvalue weighted by molar-refractivity contribution is 6.00. The summed E-state index contributed by atoms with van der Waals surface area (Å²) in [6.45, 7) is 0. The number of benzene rings is 2. The number of rotatable bonds is 4. The number of amides is 4. The molecule has 0 heterocycles. The quantitative estimate of drug-likeness (QED) is 0.645. The SMILES string of the molecule is O=C(Nc1ccccc1)Nc1ccc(C(=O)NNC(=O)C2CC2)cc1. The molecule has 128 valence electrons. The van der Waals surface area contributed by atoms with Crippen LogP contribution < -0.4 is 21.5 Å². The molecule has 0 bridgehead atoms. The van der Waals surface area contributed by atoms with Crippen LogP contribution >= 0.6 is 0 Å². The summed E-state index contributed by atoms with van der Waals surface area (Å²) in [6.07, 6.45) is 1.74. The lowest BCUT2D eigenvalue weighted by Gasteiger charge is -2.09. The van der Waals surface area contributed by atoms with E-state index in [1.54, 1.807) is 36.4 Å². The van der Waals surface area contributed by atoms with Crippen molar-refractivity contribution in [3.63, 3.8) is 0 Å². The Morgan fingerprint density at radius 3 is 1.96 bits per heavy atom. The minimum atomic E-state index is -0.408. The molecule has 1 aliphatic carbocycles. The highest BCUT2D eigenvalue weighted by Gasteiger charge is 2.29. The third-order valence-corrected chi connectivity index (χ3v) is 3.68. The maximum absolute atomic E-state index is 11.9. The van der Waals surface area contributed by atoms with Crippen molar-refractivity contribution in [3.8, 4) is 0 Å². The topological polar surface area (TPSA) is 99.3 Å². The molecule has 3 rings (SSSR count). The van der Waals surface area contributed by atoms with Crippen LogP contribution in [0.5, 0.6) is 0 Å². The lowest BCUT2D eigenvalue weighted by Crippen LogP contribution is -2.42. The normalized spacial score (nSPS) is 12.8. The number of carbonyl (C=O) groups is 3. The largest absolute Gasteiger partial charge is 0.323 e. The molecule has 4 amide bonds. The van der Waals surface area contributed by atoms with Gasteiger partial charge in [0.05, 0.1) is 0 Å².